The van der Waals surface area contributed by atoms with Crippen LogP contribution < -0.4 is 0 Å². The van der Waals surface area contributed by atoms with E-state index in [2.05, 4.69) is 67.8 Å². The molecule has 0 aromatic rings. The third-order valence-corrected chi connectivity index (χ3v) is 5.39. The van der Waals surface area contributed by atoms with Gasteiger partial charge in [-0.3, -0.25) is 0 Å². The van der Waals surface area contributed by atoms with E-state index in [1.165, 1.54) is 0 Å². The molecule has 0 fully saturated rings. The van der Waals surface area contributed by atoms with E-state index in [1.54, 1.807) is 0 Å². The van der Waals surface area contributed by atoms with Gasteiger partial charge in [0.25, 0.3) is 0 Å². The number of hydrogen-bond acceptors (Lipinski definition) is 4. The smallest absolute Gasteiger partial charge is 0.432 e. The van der Waals surface area contributed by atoms with Gasteiger partial charge in [0.15, 0.2) is 0 Å². The van der Waals surface area contributed by atoms with E-state index in [4.69, 9.17) is 14.2 Å². The van der Waals surface area contributed by atoms with Gasteiger partial charge in [0.2, 0.25) is 0 Å². The third kappa shape index (κ3) is 10.1. The van der Waals surface area contributed by atoms with Crippen LogP contribution in [0.4, 0.5) is 4.79 Å². The van der Waals surface area contributed by atoms with Crippen molar-refractivity contribution < 1.29 is 19.0 Å². The zero-order valence-electron chi connectivity index (χ0n) is 8.10. The summed E-state index contributed by atoms with van der Waals surface area (Å²) in [5.74, 6) is 0. The Morgan fingerprint density at radius 2 is 1.80 bits per heavy atom. The van der Waals surface area contributed by atoms with Gasteiger partial charge in [-0.2, -0.15) is 0 Å². The van der Waals surface area contributed by atoms with Crippen LogP contribution in [-0.4, -0.2) is 32.6 Å². The summed E-state index contributed by atoms with van der Waals surface area (Å²) in [6.07, 6.45) is -0.655. The highest BCUT2D eigenvalue weighted by Crippen LogP contribution is 2.25. The molecule has 0 heterocycles. The van der Waals surface area contributed by atoms with Crippen molar-refractivity contribution in [2.75, 3.05) is 26.4 Å². The molecule has 7 heteroatoms. The largest absolute Gasteiger partial charge is 0.508 e. The first-order chi connectivity index (χ1) is 7.07. The molecular weight excluding hydrogens is 541 g/mol. The average molecular weight is 552 g/mol. The maximum atomic E-state index is 11.0. The molecule has 4 nitrogen and oxygen atoms in total. The molecule has 0 aromatic heterocycles. The van der Waals surface area contributed by atoms with Gasteiger partial charge in [-0.15, -0.1) is 0 Å². The summed E-state index contributed by atoms with van der Waals surface area (Å²) in [5.41, 5.74) is 0. The van der Waals surface area contributed by atoms with Crippen LogP contribution in [0.15, 0.2) is 5.17 Å². The number of carbonyl (C=O) groups is 1. The molecule has 0 unspecified atom stereocenters. The van der Waals surface area contributed by atoms with Crippen LogP contribution in [0, 0.1) is 0 Å². The van der Waals surface area contributed by atoms with E-state index >= 15 is 0 Å². The summed E-state index contributed by atoms with van der Waals surface area (Å²) in [7, 11) is 0. The molecule has 0 saturated carbocycles. The molecule has 88 valence electrons. The Bertz CT molecular complexity index is 226. The van der Waals surface area contributed by atoms with Gasteiger partial charge in [-0.05, 0) is 74.7 Å². The minimum Gasteiger partial charge on any atom is -0.432 e. The molecule has 0 bridgehead atoms. The number of hydrogen-bond donors (Lipinski definition) is 0. The molecule has 0 aliphatic heterocycles. The van der Waals surface area contributed by atoms with E-state index in [9.17, 15) is 4.79 Å². The number of rotatable bonds is 6. The Hall–Kier alpha value is 1.16. The molecule has 0 aliphatic carbocycles. The third-order valence-electron chi connectivity index (χ3n) is 1.17. The Labute approximate surface area is 130 Å². The minimum atomic E-state index is -0.655. The summed E-state index contributed by atoms with van der Waals surface area (Å²) in [6.45, 7) is 3.39. The van der Waals surface area contributed by atoms with Crippen molar-refractivity contribution in [2.45, 2.75) is 6.92 Å². The van der Waals surface area contributed by atoms with Crippen LogP contribution in [0.2, 0.25) is 0 Å². The summed E-state index contributed by atoms with van der Waals surface area (Å²) in [4.78, 5) is 11.0. The number of ether oxygens (including phenoxy) is 3. The number of halogens is 3. The predicted octanol–water partition coefficient (Wildman–Crippen LogP) is 3.65. The van der Waals surface area contributed by atoms with Crippen LogP contribution >= 0.6 is 67.8 Å². The molecule has 0 rings (SSSR count). The van der Waals surface area contributed by atoms with Crippen molar-refractivity contribution in [3.05, 3.63) is 5.17 Å². The fourth-order valence-electron chi connectivity index (χ4n) is 0.547. The molecular formula is C8H11I3O4. The van der Waals surface area contributed by atoms with Crippen molar-refractivity contribution in [3.8, 4) is 0 Å². The Morgan fingerprint density at radius 3 is 2.33 bits per heavy atom. The molecule has 0 amide bonds. The SMILES string of the molecule is CCOCCOC(=O)OCC(I)=C(I)I. The molecule has 0 N–H and O–H groups in total. The lowest BCUT2D eigenvalue weighted by atomic mass is 10.7. The number of carbonyl (C=O) groups excluding carboxylic acids is 1. The lowest BCUT2D eigenvalue weighted by Crippen LogP contribution is -2.12. The average Bonchev–Trinajstić information content (AvgIpc) is 2.20. The topological polar surface area (TPSA) is 44.8 Å². The van der Waals surface area contributed by atoms with Gasteiger partial charge in [0.05, 0.1) is 8.19 Å². The molecule has 0 atom stereocenters. The van der Waals surface area contributed by atoms with Crippen molar-refractivity contribution >= 4 is 73.9 Å². The second-order valence-corrected chi connectivity index (χ2v) is 7.77. The van der Waals surface area contributed by atoms with Crippen molar-refractivity contribution in [3.63, 3.8) is 0 Å². The Balaban J connectivity index is 3.54. The zero-order chi connectivity index (χ0) is 11.7. The highest BCUT2D eigenvalue weighted by molar-refractivity contribution is 14.2. The van der Waals surface area contributed by atoms with Crippen LogP contribution in [0.3, 0.4) is 0 Å². The lowest BCUT2D eigenvalue weighted by molar-refractivity contribution is 0.0344. The quantitative estimate of drug-likeness (QED) is 0.287. The molecule has 0 aromatic carbocycles. The summed E-state index contributed by atoms with van der Waals surface area (Å²) < 4.78 is 16.7. The van der Waals surface area contributed by atoms with Crippen molar-refractivity contribution in [2.24, 2.45) is 0 Å². The van der Waals surface area contributed by atoms with E-state index in [1.807, 2.05) is 6.92 Å². The standard InChI is InChI=1S/C8H11I3O4/c1-2-13-3-4-14-8(12)15-5-6(9)7(10)11/h2-5H2,1H3. The Kier molecular flexibility index (Phi) is 11.1. The predicted molar refractivity (Wildman–Crippen MR) is 82.9 cm³/mol. The Morgan fingerprint density at radius 1 is 1.13 bits per heavy atom. The monoisotopic (exact) mass is 552 g/mol. The minimum absolute atomic E-state index is 0.230. The van der Waals surface area contributed by atoms with Gasteiger partial charge >= 0.3 is 6.16 Å². The second kappa shape index (κ2) is 10.3. The van der Waals surface area contributed by atoms with E-state index in [0.29, 0.717) is 13.2 Å². The highest BCUT2D eigenvalue weighted by Gasteiger charge is 2.05. The highest BCUT2D eigenvalue weighted by atomic mass is 127. The maximum Gasteiger partial charge on any atom is 0.508 e. The zero-order valence-corrected chi connectivity index (χ0v) is 14.6. The molecule has 15 heavy (non-hydrogen) atoms. The van der Waals surface area contributed by atoms with Gasteiger partial charge in [0.1, 0.15) is 13.2 Å². The fraction of sp³-hybridized carbons (Fsp3) is 0.625. The van der Waals surface area contributed by atoms with Crippen LogP contribution in [-0.2, 0) is 14.2 Å². The van der Waals surface area contributed by atoms with Crippen molar-refractivity contribution in [1.82, 2.24) is 0 Å². The van der Waals surface area contributed by atoms with Gasteiger partial charge in [0, 0.05) is 10.2 Å². The van der Waals surface area contributed by atoms with E-state index in [0.717, 1.165) is 5.17 Å². The fourth-order valence-corrected chi connectivity index (χ4v) is 1.01. The molecule has 0 spiro atoms. The van der Waals surface area contributed by atoms with Crippen molar-refractivity contribution in [1.29, 1.82) is 0 Å². The van der Waals surface area contributed by atoms with Gasteiger partial charge in [-0.25, -0.2) is 4.79 Å². The normalized spacial score (nSPS) is 9.60. The second-order valence-electron chi connectivity index (χ2n) is 2.25. The first-order valence-electron chi connectivity index (χ1n) is 4.14. The van der Waals surface area contributed by atoms with Crippen LogP contribution in [0.1, 0.15) is 6.92 Å². The molecule has 0 aliphatic rings. The summed E-state index contributed by atoms with van der Waals surface area (Å²) in [6, 6.07) is 0. The lowest BCUT2D eigenvalue weighted by Gasteiger charge is -2.05. The van der Waals surface area contributed by atoms with Gasteiger partial charge in [-0.1, -0.05) is 0 Å². The molecule has 0 radical (unpaired) electrons. The van der Waals surface area contributed by atoms with E-state index in [-0.39, 0.29) is 13.2 Å². The summed E-state index contributed by atoms with van der Waals surface area (Å²) >= 11 is 6.45. The van der Waals surface area contributed by atoms with Gasteiger partial charge < -0.3 is 14.2 Å². The maximum absolute atomic E-state index is 11.0. The summed E-state index contributed by atoms with van der Waals surface area (Å²) in [5, 5.41) is 0. The van der Waals surface area contributed by atoms with Crippen LogP contribution in [0.5, 0.6) is 0 Å². The van der Waals surface area contributed by atoms with E-state index < -0.39 is 6.16 Å². The van der Waals surface area contributed by atoms with Crippen LogP contribution in [0.25, 0.3) is 0 Å². The molecule has 0 saturated heterocycles. The first-order valence-corrected chi connectivity index (χ1v) is 7.38. The first kappa shape index (κ1) is 16.2.